The maximum absolute atomic E-state index is 13.3. The second-order valence-corrected chi connectivity index (χ2v) is 9.27. The number of carbonyl (C=O) groups excluding carboxylic acids is 3. The molecule has 0 saturated heterocycles. The molecular weight excluding hydrogens is 458 g/mol. The lowest BCUT2D eigenvalue weighted by atomic mass is 9.94. The van der Waals surface area contributed by atoms with Crippen LogP contribution in [0.2, 0.25) is 0 Å². The van der Waals surface area contributed by atoms with Crippen LogP contribution in [-0.4, -0.2) is 28.3 Å². The molecule has 9 nitrogen and oxygen atoms in total. The van der Waals surface area contributed by atoms with E-state index >= 15 is 0 Å². The molecular formula is C27H30N5O4-. The van der Waals surface area contributed by atoms with Crippen LogP contribution in [0.1, 0.15) is 43.7 Å². The highest BCUT2D eigenvalue weighted by Gasteiger charge is 2.38. The summed E-state index contributed by atoms with van der Waals surface area (Å²) in [5, 5.41) is 22.7. The third-order valence-corrected chi connectivity index (χ3v) is 6.97. The fraction of sp³-hybridized carbons (Fsp3) is 0.333. The van der Waals surface area contributed by atoms with Crippen LogP contribution in [0, 0.1) is 23.2 Å². The summed E-state index contributed by atoms with van der Waals surface area (Å²) in [5.74, 6) is -3.19. The lowest BCUT2D eigenvalue weighted by Gasteiger charge is -2.19. The Hall–Kier alpha value is -4.14. The molecule has 0 bridgehead atoms. The van der Waals surface area contributed by atoms with E-state index in [2.05, 4.69) is 10.7 Å². The van der Waals surface area contributed by atoms with E-state index in [4.69, 9.17) is 11.1 Å². The molecule has 1 fully saturated rings. The van der Waals surface area contributed by atoms with Crippen molar-refractivity contribution < 1.29 is 19.5 Å². The minimum atomic E-state index is -1.09. The monoisotopic (exact) mass is 488 g/mol. The summed E-state index contributed by atoms with van der Waals surface area (Å²) >= 11 is 0. The van der Waals surface area contributed by atoms with Gasteiger partial charge in [0.2, 0.25) is 11.8 Å². The average molecular weight is 489 g/mol. The Labute approximate surface area is 209 Å². The van der Waals surface area contributed by atoms with E-state index in [1.807, 2.05) is 31.2 Å². The van der Waals surface area contributed by atoms with E-state index in [0.29, 0.717) is 36.9 Å². The number of para-hydroxylation sites is 1. The summed E-state index contributed by atoms with van der Waals surface area (Å²) in [6.45, 7) is 1.81. The first-order valence-corrected chi connectivity index (χ1v) is 12.1. The molecule has 1 aromatic heterocycles. The van der Waals surface area contributed by atoms with Crippen LogP contribution in [0.5, 0.6) is 0 Å². The van der Waals surface area contributed by atoms with Gasteiger partial charge in [0.05, 0.1) is 11.4 Å². The van der Waals surface area contributed by atoms with Crippen LogP contribution in [-0.2, 0) is 20.8 Å². The van der Waals surface area contributed by atoms with Crippen molar-refractivity contribution in [2.45, 2.75) is 39.0 Å². The highest BCUT2D eigenvalue weighted by Crippen LogP contribution is 2.33. The fourth-order valence-corrected chi connectivity index (χ4v) is 4.92. The molecule has 188 valence electrons. The van der Waals surface area contributed by atoms with Crippen molar-refractivity contribution in [2.75, 3.05) is 10.7 Å². The fourth-order valence-electron chi connectivity index (χ4n) is 4.92. The number of hydrogen-bond acceptors (Lipinski definition) is 5. The number of nitrogens with one attached hydrogen (secondary N) is 3. The van der Waals surface area contributed by atoms with Gasteiger partial charge in [-0.25, -0.2) is 0 Å². The number of amides is 2. The number of hydrogen-bond donors (Lipinski definition) is 4. The van der Waals surface area contributed by atoms with E-state index in [1.54, 1.807) is 35.1 Å². The predicted octanol–water partition coefficient (Wildman–Crippen LogP) is 2.37. The Bertz CT molecular complexity index is 1300. The molecule has 36 heavy (non-hydrogen) atoms. The van der Waals surface area contributed by atoms with Crippen LogP contribution >= 0.6 is 0 Å². The smallest absolute Gasteiger partial charge is 0.242 e. The molecule has 0 radical (unpaired) electrons. The molecule has 0 spiro atoms. The SMILES string of the molecule is CCC(Cc1cn(NC(=O)C2CCCC2C(=O)Nc2ccc(C(=N)N)cc2)c2ccccc12)C(=O)[O-]. The van der Waals surface area contributed by atoms with Crippen LogP contribution in [0.3, 0.4) is 0 Å². The second-order valence-electron chi connectivity index (χ2n) is 9.27. The number of carbonyl (C=O) groups is 3. The van der Waals surface area contributed by atoms with Gasteiger partial charge in [-0.15, -0.1) is 0 Å². The largest absolute Gasteiger partial charge is 0.550 e. The number of aromatic nitrogens is 1. The zero-order valence-corrected chi connectivity index (χ0v) is 20.1. The summed E-state index contributed by atoms with van der Waals surface area (Å²) in [7, 11) is 0. The van der Waals surface area contributed by atoms with Gasteiger partial charge in [0, 0.05) is 40.6 Å². The van der Waals surface area contributed by atoms with Gasteiger partial charge in [-0.2, -0.15) is 0 Å². The van der Waals surface area contributed by atoms with E-state index in [-0.39, 0.29) is 17.6 Å². The van der Waals surface area contributed by atoms with Crippen LogP contribution in [0.25, 0.3) is 10.9 Å². The molecule has 2 amide bonds. The number of amidine groups is 1. The lowest BCUT2D eigenvalue weighted by Crippen LogP contribution is -2.36. The zero-order valence-electron chi connectivity index (χ0n) is 20.1. The number of fused-ring (bicyclic) bond motifs is 1. The summed E-state index contributed by atoms with van der Waals surface area (Å²) in [4.78, 5) is 37.8. The number of carboxylic acids is 1. The maximum Gasteiger partial charge on any atom is 0.242 e. The number of benzene rings is 2. The Morgan fingerprint density at radius 1 is 1.08 bits per heavy atom. The van der Waals surface area contributed by atoms with E-state index in [1.165, 1.54) is 0 Å². The minimum Gasteiger partial charge on any atom is -0.550 e. The van der Waals surface area contributed by atoms with Crippen LogP contribution in [0.15, 0.2) is 54.7 Å². The molecule has 1 aliphatic rings. The molecule has 1 saturated carbocycles. The molecule has 1 aliphatic carbocycles. The Balaban J connectivity index is 1.49. The normalized spacial score (nSPS) is 18.0. The molecule has 0 aliphatic heterocycles. The average Bonchev–Trinajstić information content (AvgIpc) is 3.48. The summed E-state index contributed by atoms with van der Waals surface area (Å²) in [6.07, 6.45) is 4.48. The van der Waals surface area contributed by atoms with Gasteiger partial charge in [-0.1, -0.05) is 31.5 Å². The van der Waals surface area contributed by atoms with Gasteiger partial charge in [0.25, 0.3) is 0 Å². The van der Waals surface area contributed by atoms with Crippen LogP contribution < -0.4 is 21.6 Å². The van der Waals surface area contributed by atoms with Crippen molar-refractivity contribution in [3.63, 3.8) is 0 Å². The molecule has 1 heterocycles. The zero-order chi connectivity index (χ0) is 25.8. The van der Waals surface area contributed by atoms with Crippen molar-refractivity contribution in [2.24, 2.45) is 23.5 Å². The lowest BCUT2D eigenvalue weighted by molar-refractivity contribution is -0.311. The van der Waals surface area contributed by atoms with Crippen molar-refractivity contribution in [3.05, 3.63) is 65.9 Å². The topological polar surface area (TPSA) is 153 Å². The predicted molar refractivity (Wildman–Crippen MR) is 136 cm³/mol. The minimum absolute atomic E-state index is 0.0501. The van der Waals surface area contributed by atoms with E-state index < -0.39 is 23.7 Å². The maximum atomic E-state index is 13.3. The molecule has 3 unspecified atom stereocenters. The Morgan fingerprint density at radius 2 is 1.75 bits per heavy atom. The standard InChI is InChI=1S/C27H31N5O4/c1-2-16(27(35)36)14-18-15-32(23-9-4-3-6-20(18)23)31-26(34)22-8-5-7-21(22)25(33)30-19-12-10-17(11-13-19)24(28)29/h3-4,6,9-13,15-16,21-22H,2,5,7-8,14H2,1H3,(H3,28,29)(H,30,33)(H,31,34)(H,35,36)/p-1. The first-order valence-electron chi connectivity index (χ1n) is 12.1. The number of carboxylic acid groups (broad SMARTS) is 1. The molecule has 2 aromatic carbocycles. The van der Waals surface area contributed by atoms with Crippen LogP contribution in [0.4, 0.5) is 5.69 Å². The molecule has 3 aromatic rings. The molecule has 4 rings (SSSR count). The molecule has 3 atom stereocenters. The second kappa shape index (κ2) is 10.6. The first kappa shape index (κ1) is 25.0. The number of aliphatic carboxylic acids is 1. The summed E-state index contributed by atoms with van der Waals surface area (Å²) in [5.41, 5.74) is 11.1. The van der Waals surface area contributed by atoms with Gasteiger partial charge < -0.3 is 21.0 Å². The third-order valence-electron chi connectivity index (χ3n) is 6.97. The van der Waals surface area contributed by atoms with Gasteiger partial charge in [-0.3, -0.25) is 25.1 Å². The number of rotatable bonds is 9. The van der Waals surface area contributed by atoms with Gasteiger partial charge >= 0.3 is 0 Å². The number of anilines is 1. The molecule has 9 heteroatoms. The van der Waals surface area contributed by atoms with E-state index in [9.17, 15) is 19.5 Å². The molecule has 5 N–H and O–H groups in total. The number of nitrogen functional groups attached to an aromatic ring is 1. The summed E-state index contributed by atoms with van der Waals surface area (Å²) in [6, 6.07) is 14.2. The first-order chi connectivity index (χ1) is 17.3. The third kappa shape index (κ3) is 5.25. The highest BCUT2D eigenvalue weighted by atomic mass is 16.4. The van der Waals surface area contributed by atoms with Crippen molar-refractivity contribution in [3.8, 4) is 0 Å². The number of nitrogens with two attached hydrogens (primary N) is 1. The van der Waals surface area contributed by atoms with E-state index in [0.717, 1.165) is 22.9 Å². The quantitative estimate of drug-likeness (QED) is 0.269. The van der Waals surface area contributed by atoms with Crippen molar-refractivity contribution in [1.82, 2.24) is 4.68 Å². The number of nitrogens with zero attached hydrogens (tertiary/aromatic N) is 1. The van der Waals surface area contributed by atoms with Crippen molar-refractivity contribution in [1.29, 1.82) is 5.41 Å². The Kier molecular flexibility index (Phi) is 7.38. The highest BCUT2D eigenvalue weighted by molar-refractivity contribution is 5.99. The van der Waals surface area contributed by atoms with Gasteiger partial charge in [-0.05, 0) is 61.6 Å². The van der Waals surface area contributed by atoms with Gasteiger partial charge in [0.1, 0.15) is 5.84 Å². The Morgan fingerprint density at radius 3 is 2.39 bits per heavy atom. The van der Waals surface area contributed by atoms with Gasteiger partial charge in [0.15, 0.2) is 0 Å². The van der Waals surface area contributed by atoms with Crippen molar-refractivity contribution >= 4 is 40.2 Å². The summed E-state index contributed by atoms with van der Waals surface area (Å²) < 4.78 is 1.63.